The normalized spacial score (nSPS) is 12.2. The Labute approximate surface area is 108 Å². The maximum absolute atomic E-state index is 11.5. The van der Waals surface area contributed by atoms with Crippen molar-refractivity contribution in [3.63, 3.8) is 0 Å². The Morgan fingerprint density at radius 2 is 2.18 bits per heavy atom. The monoisotopic (exact) mass is 254 g/mol. The van der Waals surface area contributed by atoms with E-state index in [2.05, 4.69) is 13.8 Å². The van der Waals surface area contributed by atoms with Gasteiger partial charge in [0.2, 0.25) is 0 Å². The van der Waals surface area contributed by atoms with Crippen LogP contribution in [0.2, 0.25) is 5.02 Å². The van der Waals surface area contributed by atoms with Crippen molar-refractivity contribution in [2.45, 2.75) is 33.6 Å². The van der Waals surface area contributed by atoms with Crippen LogP contribution in [0.4, 0.5) is 0 Å². The summed E-state index contributed by atoms with van der Waals surface area (Å²) >= 11 is 5.87. The van der Waals surface area contributed by atoms with Crippen LogP contribution in [0.1, 0.15) is 44.0 Å². The predicted molar refractivity (Wildman–Crippen MR) is 71.0 cm³/mol. The number of halogens is 1. The van der Waals surface area contributed by atoms with Crippen molar-refractivity contribution >= 4 is 17.4 Å². The highest BCUT2D eigenvalue weighted by Crippen LogP contribution is 2.24. The summed E-state index contributed by atoms with van der Waals surface area (Å²) in [6, 6.07) is 5.16. The molecule has 0 aliphatic rings. The fourth-order valence-electron chi connectivity index (χ4n) is 1.71. The van der Waals surface area contributed by atoms with Gasteiger partial charge >= 0.3 is 0 Å². The molecule has 1 atom stereocenters. The molecule has 0 radical (unpaired) electrons. The van der Waals surface area contributed by atoms with Gasteiger partial charge in [0.25, 0.3) is 0 Å². The molecule has 0 bridgehead atoms. The largest absolute Gasteiger partial charge is 0.493 e. The van der Waals surface area contributed by atoms with E-state index in [1.165, 1.54) is 6.92 Å². The van der Waals surface area contributed by atoms with Crippen molar-refractivity contribution < 1.29 is 9.53 Å². The first-order valence-corrected chi connectivity index (χ1v) is 6.35. The second-order valence-corrected chi connectivity index (χ2v) is 4.84. The van der Waals surface area contributed by atoms with E-state index in [0.29, 0.717) is 28.9 Å². The number of carbonyl (C=O) groups excluding carboxylic acids is 1. The van der Waals surface area contributed by atoms with Crippen molar-refractivity contribution in [3.8, 4) is 5.75 Å². The molecule has 0 aliphatic carbocycles. The Bertz CT molecular complexity index is 388. The third-order valence-corrected chi connectivity index (χ3v) is 2.86. The smallest absolute Gasteiger partial charge is 0.163 e. The minimum absolute atomic E-state index is 0.0226. The third kappa shape index (κ3) is 4.39. The van der Waals surface area contributed by atoms with Crippen LogP contribution < -0.4 is 4.74 Å². The SMILES string of the molecule is CCCC(C)COc1ccc(Cl)cc1C(C)=O. The van der Waals surface area contributed by atoms with E-state index < -0.39 is 0 Å². The molecule has 2 nitrogen and oxygen atoms in total. The van der Waals surface area contributed by atoms with Crippen molar-refractivity contribution in [3.05, 3.63) is 28.8 Å². The molecule has 0 heterocycles. The van der Waals surface area contributed by atoms with Crippen molar-refractivity contribution in [2.24, 2.45) is 5.92 Å². The molecule has 0 saturated carbocycles. The molecular weight excluding hydrogens is 236 g/mol. The first-order valence-electron chi connectivity index (χ1n) is 5.97. The highest BCUT2D eigenvalue weighted by Gasteiger charge is 2.10. The Morgan fingerprint density at radius 3 is 2.76 bits per heavy atom. The van der Waals surface area contributed by atoms with E-state index in [-0.39, 0.29) is 5.78 Å². The van der Waals surface area contributed by atoms with Crippen molar-refractivity contribution in [2.75, 3.05) is 6.61 Å². The summed E-state index contributed by atoms with van der Waals surface area (Å²) in [5.41, 5.74) is 0.557. The van der Waals surface area contributed by atoms with Gasteiger partial charge in [-0.25, -0.2) is 0 Å². The molecule has 0 aromatic heterocycles. The first kappa shape index (κ1) is 14.0. The van der Waals surface area contributed by atoms with Gasteiger partial charge in [0.1, 0.15) is 5.75 Å². The molecule has 0 fully saturated rings. The van der Waals surface area contributed by atoms with E-state index in [4.69, 9.17) is 16.3 Å². The molecule has 1 aromatic rings. The van der Waals surface area contributed by atoms with Gasteiger partial charge in [0.15, 0.2) is 5.78 Å². The molecule has 1 aromatic carbocycles. The quantitative estimate of drug-likeness (QED) is 0.705. The molecule has 1 rings (SSSR count). The summed E-state index contributed by atoms with van der Waals surface area (Å²) in [5, 5.41) is 0.559. The zero-order valence-electron chi connectivity index (χ0n) is 10.6. The minimum Gasteiger partial charge on any atom is -0.493 e. The summed E-state index contributed by atoms with van der Waals surface area (Å²) in [4.78, 5) is 11.5. The van der Waals surface area contributed by atoms with Crippen molar-refractivity contribution in [1.29, 1.82) is 0 Å². The average molecular weight is 255 g/mol. The molecule has 0 N–H and O–H groups in total. The van der Waals surface area contributed by atoms with E-state index in [9.17, 15) is 4.79 Å². The van der Waals surface area contributed by atoms with Gasteiger partial charge in [-0.2, -0.15) is 0 Å². The number of benzene rings is 1. The Morgan fingerprint density at radius 1 is 1.47 bits per heavy atom. The fraction of sp³-hybridized carbons (Fsp3) is 0.500. The summed E-state index contributed by atoms with van der Waals surface area (Å²) in [5.74, 6) is 1.10. The Balaban J connectivity index is 2.73. The van der Waals surface area contributed by atoms with Crippen LogP contribution in [0, 0.1) is 5.92 Å². The van der Waals surface area contributed by atoms with Gasteiger partial charge in [-0.05, 0) is 37.5 Å². The molecule has 17 heavy (non-hydrogen) atoms. The van der Waals surface area contributed by atoms with Gasteiger partial charge in [-0.1, -0.05) is 31.9 Å². The molecular formula is C14H19ClO2. The molecule has 0 spiro atoms. The van der Waals surface area contributed by atoms with Gasteiger partial charge in [-0.15, -0.1) is 0 Å². The summed E-state index contributed by atoms with van der Waals surface area (Å²) in [6.07, 6.45) is 2.27. The summed E-state index contributed by atoms with van der Waals surface area (Å²) in [6.45, 7) is 6.45. The maximum atomic E-state index is 11.5. The lowest BCUT2D eigenvalue weighted by Crippen LogP contribution is -2.10. The van der Waals surface area contributed by atoms with Gasteiger partial charge in [0, 0.05) is 5.02 Å². The van der Waals surface area contributed by atoms with Gasteiger partial charge in [0.05, 0.1) is 12.2 Å². The Kier molecular flexibility index (Phi) is 5.49. The molecule has 94 valence electrons. The van der Waals surface area contributed by atoms with Crippen LogP contribution in [-0.2, 0) is 0 Å². The highest BCUT2D eigenvalue weighted by atomic mass is 35.5. The number of ketones is 1. The second-order valence-electron chi connectivity index (χ2n) is 4.40. The molecule has 1 unspecified atom stereocenters. The lowest BCUT2D eigenvalue weighted by Gasteiger charge is -2.14. The topological polar surface area (TPSA) is 26.3 Å². The number of Topliss-reactive ketones (excluding diaryl/α,β-unsaturated/α-hetero) is 1. The lowest BCUT2D eigenvalue weighted by atomic mass is 10.1. The maximum Gasteiger partial charge on any atom is 0.163 e. The average Bonchev–Trinajstić information content (AvgIpc) is 2.27. The zero-order valence-corrected chi connectivity index (χ0v) is 11.4. The molecule has 0 aliphatic heterocycles. The fourth-order valence-corrected chi connectivity index (χ4v) is 1.88. The van der Waals surface area contributed by atoms with Crippen molar-refractivity contribution in [1.82, 2.24) is 0 Å². The van der Waals surface area contributed by atoms with Crippen LogP contribution in [0.15, 0.2) is 18.2 Å². The molecule has 0 saturated heterocycles. The standard InChI is InChI=1S/C14H19ClO2/c1-4-5-10(2)9-17-14-7-6-12(15)8-13(14)11(3)16/h6-8,10H,4-5,9H2,1-3H3. The summed E-state index contributed by atoms with van der Waals surface area (Å²) in [7, 11) is 0. The number of ether oxygens (including phenoxy) is 1. The first-order chi connectivity index (χ1) is 8.04. The molecule has 0 amide bonds. The molecule has 3 heteroatoms. The number of hydrogen-bond acceptors (Lipinski definition) is 2. The minimum atomic E-state index is -0.0226. The second kappa shape index (κ2) is 6.65. The lowest BCUT2D eigenvalue weighted by molar-refractivity contribution is 0.101. The zero-order chi connectivity index (χ0) is 12.8. The van der Waals surface area contributed by atoms with Gasteiger partial charge < -0.3 is 4.74 Å². The van der Waals surface area contributed by atoms with Crippen LogP contribution in [0.5, 0.6) is 5.75 Å². The van der Waals surface area contributed by atoms with Crippen LogP contribution in [0.25, 0.3) is 0 Å². The van der Waals surface area contributed by atoms with Crippen LogP contribution >= 0.6 is 11.6 Å². The van der Waals surface area contributed by atoms with Crippen LogP contribution in [0.3, 0.4) is 0 Å². The number of rotatable bonds is 6. The number of carbonyl (C=O) groups is 1. The Hall–Kier alpha value is -1.02. The van der Waals surface area contributed by atoms with E-state index in [0.717, 1.165) is 12.8 Å². The predicted octanol–water partition coefficient (Wildman–Crippen LogP) is 4.36. The van der Waals surface area contributed by atoms with E-state index in [1.807, 2.05) is 0 Å². The summed E-state index contributed by atoms with van der Waals surface area (Å²) < 4.78 is 5.69. The van der Waals surface area contributed by atoms with E-state index in [1.54, 1.807) is 18.2 Å². The van der Waals surface area contributed by atoms with Crippen LogP contribution in [-0.4, -0.2) is 12.4 Å². The third-order valence-electron chi connectivity index (χ3n) is 2.63. The highest BCUT2D eigenvalue weighted by molar-refractivity contribution is 6.31. The van der Waals surface area contributed by atoms with Gasteiger partial charge in [-0.3, -0.25) is 4.79 Å². The number of hydrogen-bond donors (Lipinski definition) is 0. The van der Waals surface area contributed by atoms with E-state index >= 15 is 0 Å².